The number of amides is 2. The van der Waals surface area contributed by atoms with E-state index in [1.165, 1.54) is 0 Å². The highest BCUT2D eigenvalue weighted by Crippen LogP contribution is 2.21. The summed E-state index contributed by atoms with van der Waals surface area (Å²) >= 11 is 1.61. The van der Waals surface area contributed by atoms with Crippen LogP contribution in [-0.4, -0.2) is 24.4 Å². The normalized spacial score (nSPS) is 13.2. The average Bonchev–Trinajstić information content (AvgIpc) is 2.94. The van der Waals surface area contributed by atoms with E-state index < -0.39 is 6.04 Å². The summed E-state index contributed by atoms with van der Waals surface area (Å²) < 4.78 is 0. The third kappa shape index (κ3) is 6.46. The Morgan fingerprint density at radius 1 is 1.38 bits per heavy atom. The van der Waals surface area contributed by atoms with Gasteiger partial charge in [0.05, 0.1) is 18.6 Å². The molecule has 0 saturated heterocycles. The van der Waals surface area contributed by atoms with Crippen LogP contribution in [0.15, 0.2) is 17.5 Å². The summed E-state index contributed by atoms with van der Waals surface area (Å²) in [6, 6.07) is 3.37. The van der Waals surface area contributed by atoms with Crippen molar-refractivity contribution in [2.45, 2.75) is 39.3 Å². The van der Waals surface area contributed by atoms with E-state index in [1.807, 2.05) is 38.3 Å². The van der Waals surface area contributed by atoms with Gasteiger partial charge >= 0.3 is 0 Å². The van der Waals surface area contributed by atoms with Gasteiger partial charge in [-0.15, -0.1) is 23.7 Å². The fourth-order valence-electron chi connectivity index (χ4n) is 1.70. The first-order valence-corrected chi connectivity index (χ1v) is 7.69. The second kappa shape index (κ2) is 9.76. The minimum absolute atomic E-state index is 0. The summed E-state index contributed by atoms with van der Waals surface area (Å²) in [5.41, 5.74) is 5.71. The Hall–Kier alpha value is -1.11. The SMILES string of the molecule is CCC(NC(=O)CNC(=O)[C@@H](N)C(C)C)c1cccs1.Cl. The van der Waals surface area contributed by atoms with Crippen LogP contribution in [0.3, 0.4) is 0 Å². The van der Waals surface area contributed by atoms with Gasteiger partial charge in [0.2, 0.25) is 11.8 Å². The van der Waals surface area contributed by atoms with Crippen LogP contribution in [0, 0.1) is 5.92 Å². The van der Waals surface area contributed by atoms with E-state index in [2.05, 4.69) is 10.6 Å². The lowest BCUT2D eigenvalue weighted by Gasteiger charge is -2.18. The molecule has 1 unspecified atom stereocenters. The van der Waals surface area contributed by atoms with Gasteiger partial charge in [0, 0.05) is 4.88 Å². The van der Waals surface area contributed by atoms with Gasteiger partial charge in [-0.2, -0.15) is 0 Å². The van der Waals surface area contributed by atoms with E-state index >= 15 is 0 Å². The molecule has 0 saturated carbocycles. The maximum absolute atomic E-state index is 11.8. The second-order valence-electron chi connectivity index (χ2n) is 5.03. The van der Waals surface area contributed by atoms with Gasteiger partial charge in [0.25, 0.3) is 0 Å². The number of halogens is 1. The molecule has 0 aliphatic rings. The van der Waals surface area contributed by atoms with Crippen molar-refractivity contribution in [1.82, 2.24) is 10.6 Å². The molecule has 1 aromatic heterocycles. The lowest BCUT2D eigenvalue weighted by atomic mass is 10.1. The molecule has 120 valence electrons. The maximum atomic E-state index is 11.8. The standard InChI is InChI=1S/C14H23N3O2S.ClH/c1-4-10(11-6-5-7-20-11)17-12(18)8-16-14(19)13(15)9(2)3;/h5-7,9-10,13H,4,8,15H2,1-3H3,(H,16,19)(H,17,18);1H/t10?,13-;/m0./s1. The molecular formula is C14H24ClN3O2S. The van der Waals surface area contributed by atoms with E-state index in [4.69, 9.17) is 5.73 Å². The zero-order valence-electron chi connectivity index (χ0n) is 12.6. The number of thiophene rings is 1. The molecule has 0 aliphatic carbocycles. The Bertz CT molecular complexity index is 437. The summed E-state index contributed by atoms with van der Waals surface area (Å²) in [5.74, 6) is -0.443. The topological polar surface area (TPSA) is 84.2 Å². The molecule has 0 fully saturated rings. The summed E-state index contributed by atoms with van der Waals surface area (Å²) in [7, 11) is 0. The fourth-order valence-corrected chi connectivity index (χ4v) is 2.56. The quantitative estimate of drug-likeness (QED) is 0.711. The second-order valence-corrected chi connectivity index (χ2v) is 6.01. The van der Waals surface area contributed by atoms with Crippen molar-refractivity contribution in [3.63, 3.8) is 0 Å². The van der Waals surface area contributed by atoms with Crippen LogP contribution in [0.25, 0.3) is 0 Å². The molecule has 1 rings (SSSR count). The number of nitrogens with one attached hydrogen (secondary N) is 2. The van der Waals surface area contributed by atoms with E-state index in [9.17, 15) is 9.59 Å². The van der Waals surface area contributed by atoms with Gasteiger partial charge < -0.3 is 16.4 Å². The van der Waals surface area contributed by atoms with Crippen molar-refractivity contribution >= 4 is 35.6 Å². The molecule has 0 aromatic carbocycles. The van der Waals surface area contributed by atoms with E-state index in [-0.39, 0.29) is 42.7 Å². The monoisotopic (exact) mass is 333 g/mol. The first-order valence-electron chi connectivity index (χ1n) is 6.81. The van der Waals surface area contributed by atoms with Crippen LogP contribution in [0.2, 0.25) is 0 Å². The molecule has 2 atom stereocenters. The number of carbonyl (C=O) groups is 2. The third-order valence-corrected chi connectivity index (χ3v) is 4.06. The largest absolute Gasteiger partial charge is 0.347 e. The van der Waals surface area contributed by atoms with E-state index in [0.29, 0.717) is 0 Å². The number of hydrogen-bond donors (Lipinski definition) is 3. The minimum Gasteiger partial charge on any atom is -0.347 e. The molecule has 0 radical (unpaired) electrons. The Morgan fingerprint density at radius 2 is 2.05 bits per heavy atom. The van der Waals surface area contributed by atoms with Crippen LogP contribution in [-0.2, 0) is 9.59 Å². The number of carbonyl (C=O) groups excluding carboxylic acids is 2. The lowest BCUT2D eigenvalue weighted by Crippen LogP contribution is -2.47. The number of hydrogen-bond acceptors (Lipinski definition) is 4. The minimum atomic E-state index is -0.581. The zero-order chi connectivity index (χ0) is 15.1. The van der Waals surface area contributed by atoms with Gasteiger partial charge in [-0.05, 0) is 23.8 Å². The fraction of sp³-hybridized carbons (Fsp3) is 0.571. The summed E-state index contributed by atoms with van der Waals surface area (Å²) in [5, 5.41) is 7.45. The maximum Gasteiger partial charge on any atom is 0.239 e. The summed E-state index contributed by atoms with van der Waals surface area (Å²) in [6.07, 6.45) is 0.811. The first-order chi connectivity index (χ1) is 9.45. The zero-order valence-corrected chi connectivity index (χ0v) is 14.2. The molecule has 21 heavy (non-hydrogen) atoms. The molecule has 1 aromatic rings. The Balaban J connectivity index is 0.00000400. The Labute approximate surface area is 136 Å². The molecule has 7 heteroatoms. The van der Waals surface area contributed by atoms with Gasteiger partial charge in [-0.1, -0.05) is 26.8 Å². The van der Waals surface area contributed by atoms with Crippen LogP contribution in [0.5, 0.6) is 0 Å². The van der Waals surface area contributed by atoms with Crippen LogP contribution in [0.4, 0.5) is 0 Å². The van der Waals surface area contributed by atoms with Gasteiger partial charge in [-0.3, -0.25) is 9.59 Å². The van der Waals surface area contributed by atoms with Gasteiger partial charge in [0.1, 0.15) is 0 Å². The molecular weight excluding hydrogens is 310 g/mol. The Morgan fingerprint density at radius 3 is 2.52 bits per heavy atom. The molecule has 5 nitrogen and oxygen atoms in total. The molecule has 1 heterocycles. The molecule has 2 amide bonds. The van der Waals surface area contributed by atoms with Crippen molar-refractivity contribution in [2.75, 3.05) is 6.54 Å². The van der Waals surface area contributed by atoms with Crippen molar-refractivity contribution in [3.05, 3.63) is 22.4 Å². The number of nitrogens with two attached hydrogens (primary N) is 1. The summed E-state index contributed by atoms with van der Waals surface area (Å²) in [6.45, 7) is 5.71. The van der Waals surface area contributed by atoms with Crippen molar-refractivity contribution in [2.24, 2.45) is 11.7 Å². The van der Waals surface area contributed by atoms with Gasteiger partial charge in [-0.25, -0.2) is 0 Å². The molecule has 0 spiro atoms. The first kappa shape index (κ1) is 19.9. The van der Waals surface area contributed by atoms with Crippen LogP contribution in [0.1, 0.15) is 38.1 Å². The highest BCUT2D eigenvalue weighted by atomic mass is 35.5. The molecule has 0 aliphatic heterocycles. The van der Waals surface area contributed by atoms with Crippen LogP contribution >= 0.6 is 23.7 Å². The Kier molecular flexibility index (Phi) is 9.24. The van der Waals surface area contributed by atoms with Crippen LogP contribution < -0.4 is 16.4 Å². The van der Waals surface area contributed by atoms with Crippen molar-refractivity contribution < 1.29 is 9.59 Å². The smallest absolute Gasteiger partial charge is 0.239 e. The van der Waals surface area contributed by atoms with E-state index in [1.54, 1.807) is 11.3 Å². The predicted molar refractivity (Wildman–Crippen MR) is 88.6 cm³/mol. The lowest BCUT2D eigenvalue weighted by molar-refractivity contribution is -0.127. The average molecular weight is 334 g/mol. The van der Waals surface area contributed by atoms with E-state index in [0.717, 1.165) is 11.3 Å². The van der Waals surface area contributed by atoms with Crippen molar-refractivity contribution in [3.8, 4) is 0 Å². The van der Waals surface area contributed by atoms with Gasteiger partial charge in [0.15, 0.2) is 0 Å². The third-order valence-electron chi connectivity index (χ3n) is 3.07. The highest BCUT2D eigenvalue weighted by molar-refractivity contribution is 7.10. The molecule has 4 N–H and O–H groups in total. The molecule has 0 bridgehead atoms. The predicted octanol–water partition coefficient (Wildman–Crippen LogP) is 1.84. The van der Waals surface area contributed by atoms with Crippen molar-refractivity contribution in [1.29, 1.82) is 0 Å². The highest BCUT2D eigenvalue weighted by Gasteiger charge is 2.18. The summed E-state index contributed by atoms with van der Waals surface area (Å²) in [4.78, 5) is 24.6. The number of rotatable bonds is 7.